The number of non-ortho nitro benzene ring substituents is 1. The number of hydrogen-bond acceptors (Lipinski definition) is 5. The molecule has 0 aromatic heterocycles. The molecule has 3 aromatic carbocycles. The topological polar surface area (TPSA) is 98.5 Å². The average molecular weight is 691 g/mol. The number of ketones is 1. The number of nitro groups is 1. The summed E-state index contributed by atoms with van der Waals surface area (Å²) in [6, 6.07) is 8.58. The van der Waals surface area contributed by atoms with Gasteiger partial charge in [0, 0.05) is 51.0 Å². The Morgan fingerprint density at radius 3 is 1.93 bits per heavy atom. The molecule has 0 saturated carbocycles. The molecule has 18 heteroatoms. The SMILES string of the molecule is O=C(Cc1c(Br)cc(C(F)(C(F)(F)F)C(F)(F)F)cc1OC(F)(F)F)c1cccc(NC(=O)c2ccc([N+](=O)[O-])cc2)c1. The highest BCUT2D eigenvalue weighted by Gasteiger charge is 2.73. The number of nitrogens with zero attached hydrogens (tertiary/aromatic N) is 1. The molecule has 0 aliphatic carbocycles. The number of amides is 1. The van der Waals surface area contributed by atoms with E-state index in [1.807, 2.05) is 0 Å². The number of anilines is 1. The molecule has 7 nitrogen and oxygen atoms in total. The van der Waals surface area contributed by atoms with Gasteiger partial charge in [-0.1, -0.05) is 28.1 Å². The van der Waals surface area contributed by atoms with Gasteiger partial charge in [0.1, 0.15) is 5.75 Å². The fourth-order valence-electron chi connectivity index (χ4n) is 3.66. The first-order valence-electron chi connectivity index (χ1n) is 11.2. The summed E-state index contributed by atoms with van der Waals surface area (Å²) in [5.74, 6) is -3.52. The highest BCUT2D eigenvalue weighted by Crippen LogP contribution is 2.54. The van der Waals surface area contributed by atoms with E-state index in [0.717, 1.165) is 36.4 Å². The quantitative estimate of drug-likeness (QED) is 0.111. The van der Waals surface area contributed by atoms with Crippen LogP contribution >= 0.6 is 15.9 Å². The molecule has 3 rings (SSSR count). The fourth-order valence-corrected chi connectivity index (χ4v) is 4.24. The van der Waals surface area contributed by atoms with Crippen molar-refractivity contribution in [1.29, 1.82) is 0 Å². The third kappa shape index (κ3) is 7.41. The Hall–Kier alpha value is -4.22. The van der Waals surface area contributed by atoms with Crippen LogP contribution in [0.5, 0.6) is 5.75 Å². The Kier molecular flexibility index (Phi) is 9.14. The lowest BCUT2D eigenvalue weighted by atomic mass is 9.91. The van der Waals surface area contributed by atoms with Crippen LogP contribution < -0.4 is 10.1 Å². The van der Waals surface area contributed by atoms with E-state index in [-0.39, 0.29) is 28.6 Å². The Balaban J connectivity index is 1.96. The van der Waals surface area contributed by atoms with Gasteiger partial charge >= 0.3 is 24.4 Å². The molecular weight excluding hydrogens is 678 g/mol. The van der Waals surface area contributed by atoms with Crippen molar-refractivity contribution in [2.75, 3.05) is 5.32 Å². The summed E-state index contributed by atoms with van der Waals surface area (Å²) < 4.78 is 136. The predicted molar refractivity (Wildman–Crippen MR) is 131 cm³/mol. The van der Waals surface area contributed by atoms with E-state index in [1.54, 1.807) is 0 Å². The second-order valence-corrected chi connectivity index (χ2v) is 9.43. The number of ether oxygens (including phenoxy) is 1. The number of rotatable bonds is 8. The van der Waals surface area contributed by atoms with Crippen molar-refractivity contribution < 1.29 is 63.2 Å². The molecule has 0 unspecified atom stereocenters. The van der Waals surface area contributed by atoms with E-state index in [1.165, 1.54) is 12.1 Å². The molecule has 0 aliphatic rings. The first-order chi connectivity index (χ1) is 19.6. The van der Waals surface area contributed by atoms with Crippen molar-refractivity contribution in [1.82, 2.24) is 0 Å². The largest absolute Gasteiger partial charge is 0.573 e. The van der Waals surface area contributed by atoms with Gasteiger partial charge in [-0.15, -0.1) is 13.2 Å². The zero-order valence-corrected chi connectivity index (χ0v) is 22.2. The molecule has 0 saturated heterocycles. The van der Waals surface area contributed by atoms with Crippen molar-refractivity contribution in [3.05, 3.63) is 97.5 Å². The number of carbonyl (C=O) groups excluding carboxylic acids is 2. The van der Waals surface area contributed by atoms with Crippen LogP contribution in [0.3, 0.4) is 0 Å². The Labute approximate surface area is 241 Å². The third-order valence-electron chi connectivity index (χ3n) is 5.68. The first kappa shape index (κ1) is 33.3. The maximum absolute atomic E-state index is 14.6. The predicted octanol–water partition coefficient (Wildman–Crippen LogP) is 8.22. The van der Waals surface area contributed by atoms with Crippen LogP contribution in [0.15, 0.2) is 65.1 Å². The van der Waals surface area contributed by atoms with E-state index < -0.39 is 74.8 Å². The number of benzene rings is 3. The van der Waals surface area contributed by atoms with Gasteiger partial charge in [-0.3, -0.25) is 19.7 Å². The Morgan fingerprint density at radius 1 is 0.837 bits per heavy atom. The van der Waals surface area contributed by atoms with Gasteiger partial charge in [0.15, 0.2) is 5.78 Å². The van der Waals surface area contributed by atoms with Gasteiger partial charge in [-0.25, -0.2) is 4.39 Å². The summed E-state index contributed by atoms with van der Waals surface area (Å²) in [6.45, 7) is 0. The molecule has 0 bridgehead atoms. The van der Waals surface area contributed by atoms with Crippen LogP contribution in [0, 0.1) is 10.1 Å². The number of Topliss-reactive ketones (excluding diaryl/α,β-unsaturated/α-hetero) is 1. The van der Waals surface area contributed by atoms with Crippen molar-refractivity contribution in [3.8, 4) is 5.75 Å². The molecule has 1 N–H and O–H groups in total. The lowest BCUT2D eigenvalue weighted by Crippen LogP contribution is -2.50. The molecule has 230 valence electrons. The van der Waals surface area contributed by atoms with Gasteiger partial charge in [0.2, 0.25) is 0 Å². The van der Waals surface area contributed by atoms with Gasteiger partial charge < -0.3 is 10.1 Å². The van der Waals surface area contributed by atoms with Crippen LogP contribution in [0.2, 0.25) is 0 Å². The van der Waals surface area contributed by atoms with Crippen LogP contribution in [-0.2, 0) is 12.1 Å². The highest BCUT2D eigenvalue weighted by molar-refractivity contribution is 9.10. The molecule has 0 spiro atoms. The van der Waals surface area contributed by atoms with E-state index in [9.17, 15) is 63.6 Å². The van der Waals surface area contributed by atoms with E-state index in [4.69, 9.17) is 0 Å². The molecule has 0 atom stereocenters. The zero-order chi connectivity index (χ0) is 32.5. The van der Waals surface area contributed by atoms with E-state index in [2.05, 4.69) is 26.0 Å². The maximum atomic E-state index is 14.6. The van der Waals surface area contributed by atoms with Crippen LogP contribution in [0.4, 0.5) is 55.3 Å². The summed E-state index contributed by atoms with van der Waals surface area (Å²) in [7, 11) is 0. The molecular formula is C25H13BrF10N2O5. The summed E-state index contributed by atoms with van der Waals surface area (Å²) in [4.78, 5) is 35.4. The lowest BCUT2D eigenvalue weighted by molar-refractivity contribution is -0.384. The summed E-state index contributed by atoms with van der Waals surface area (Å²) >= 11 is 2.52. The van der Waals surface area contributed by atoms with Crippen molar-refractivity contribution >= 4 is 39.0 Å². The number of halogens is 11. The van der Waals surface area contributed by atoms with Crippen LogP contribution in [-0.4, -0.2) is 35.3 Å². The molecule has 3 aromatic rings. The van der Waals surface area contributed by atoms with E-state index >= 15 is 0 Å². The minimum absolute atomic E-state index is 0.0260. The molecule has 43 heavy (non-hydrogen) atoms. The standard InChI is InChI=1S/C25H13BrF10N2O5/c26-18-9-14(22(27,23(28,29)30)24(31,32)33)10-20(43-25(34,35)36)17(18)11-19(39)13-2-1-3-15(8-13)37-21(40)12-4-6-16(7-5-12)38(41)42/h1-10H,11H2,(H,37,40). The Morgan fingerprint density at radius 2 is 1.42 bits per heavy atom. The molecule has 1 amide bonds. The van der Waals surface area contributed by atoms with Crippen molar-refractivity contribution in [2.45, 2.75) is 30.8 Å². The number of hydrogen-bond donors (Lipinski definition) is 1. The van der Waals surface area contributed by atoms with Gasteiger partial charge in [-0.2, -0.15) is 26.3 Å². The lowest BCUT2D eigenvalue weighted by Gasteiger charge is -2.31. The van der Waals surface area contributed by atoms with Gasteiger partial charge in [-0.05, 0) is 36.4 Å². The monoisotopic (exact) mass is 690 g/mol. The van der Waals surface area contributed by atoms with Crippen molar-refractivity contribution in [3.63, 3.8) is 0 Å². The summed E-state index contributed by atoms with van der Waals surface area (Å²) in [5, 5.41) is 13.1. The fraction of sp³-hybridized carbons (Fsp3) is 0.200. The maximum Gasteiger partial charge on any atom is 0.573 e. The average Bonchev–Trinajstić information content (AvgIpc) is 2.87. The minimum atomic E-state index is -6.64. The normalized spacial score (nSPS) is 12.5. The number of carbonyl (C=O) groups is 2. The number of nitrogens with one attached hydrogen (secondary N) is 1. The van der Waals surface area contributed by atoms with E-state index in [0.29, 0.717) is 0 Å². The van der Waals surface area contributed by atoms with Crippen molar-refractivity contribution in [2.24, 2.45) is 0 Å². The minimum Gasteiger partial charge on any atom is -0.405 e. The Bertz CT molecular complexity index is 1540. The van der Waals surface area contributed by atoms with Gasteiger partial charge in [0.25, 0.3) is 11.6 Å². The third-order valence-corrected chi connectivity index (χ3v) is 6.39. The van der Waals surface area contributed by atoms with Crippen LogP contribution in [0.25, 0.3) is 0 Å². The molecule has 0 radical (unpaired) electrons. The molecule has 0 aliphatic heterocycles. The van der Waals surface area contributed by atoms with Crippen LogP contribution in [0.1, 0.15) is 31.8 Å². The molecule has 0 fully saturated rings. The summed E-state index contributed by atoms with van der Waals surface area (Å²) in [5.41, 5.74) is -9.88. The summed E-state index contributed by atoms with van der Waals surface area (Å²) in [6.07, 6.45) is -20.1. The highest BCUT2D eigenvalue weighted by atomic mass is 79.9. The molecule has 0 heterocycles. The smallest absolute Gasteiger partial charge is 0.405 e. The second kappa shape index (κ2) is 11.8. The number of nitro benzene ring substituents is 1. The van der Waals surface area contributed by atoms with Gasteiger partial charge in [0.05, 0.1) is 4.92 Å². The first-order valence-corrected chi connectivity index (χ1v) is 12.0. The number of alkyl halides is 10. The second-order valence-electron chi connectivity index (χ2n) is 8.58. The zero-order valence-electron chi connectivity index (χ0n) is 20.6.